The Bertz CT molecular complexity index is 358. The second-order valence-electron chi connectivity index (χ2n) is 3.62. The minimum atomic E-state index is -0.239. The summed E-state index contributed by atoms with van der Waals surface area (Å²) in [7, 11) is 0. The Morgan fingerprint density at radius 2 is 2.19 bits per heavy atom. The van der Waals surface area contributed by atoms with E-state index < -0.39 is 0 Å². The Balaban J connectivity index is 2.46. The van der Waals surface area contributed by atoms with Crippen molar-refractivity contribution in [2.45, 2.75) is 32.6 Å². The summed E-state index contributed by atoms with van der Waals surface area (Å²) in [6, 6.07) is 6.59. The first-order chi connectivity index (χ1) is 7.76. The number of carbonyl (C=O) groups is 2. The van der Waals surface area contributed by atoms with Gasteiger partial charge in [-0.3, -0.25) is 9.59 Å². The molecule has 86 valence electrons. The van der Waals surface area contributed by atoms with Crippen molar-refractivity contribution < 1.29 is 14.3 Å². The summed E-state index contributed by atoms with van der Waals surface area (Å²) >= 11 is 0. The maximum atomic E-state index is 11.4. The molecule has 0 aliphatic heterocycles. The fourth-order valence-corrected chi connectivity index (χ4v) is 1.35. The van der Waals surface area contributed by atoms with E-state index in [2.05, 4.69) is 6.92 Å². The van der Waals surface area contributed by atoms with Crippen molar-refractivity contribution in [1.82, 2.24) is 0 Å². The summed E-state index contributed by atoms with van der Waals surface area (Å²) in [6.45, 7) is 2.08. The minimum Gasteiger partial charge on any atom is -0.427 e. The Hall–Kier alpha value is -1.64. The average Bonchev–Trinajstić information content (AvgIpc) is 2.29. The van der Waals surface area contributed by atoms with Gasteiger partial charge in [-0.15, -0.1) is 0 Å². The summed E-state index contributed by atoms with van der Waals surface area (Å²) in [5, 5.41) is 0. The van der Waals surface area contributed by atoms with Crippen molar-refractivity contribution in [3.05, 3.63) is 29.8 Å². The quantitative estimate of drug-likeness (QED) is 0.320. The zero-order valence-electron chi connectivity index (χ0n) is 9.44. The molecule has 0 saturated heterocycles. The van der Waals surface area contributed by atoms with Gasteiger partial charge in [0.1, 0.15) is 12.0 Å². The van der Waals surface area contributed by atoms with Gasteiger partial charge >= 0.3 is 5.97 Å². The third kappa shape index (κ3) is 4.26. The Morgan fingerprint density at radius 3 is 2.88 bits per heavy atom. The highest BCUT2D eigenvalue weighted by Crippen LogP contribution is 2.13. The van der Waals surface area contributed by atoms with Gasteiger partial charge in [0.25, 0.3) is 0 Å². The van der Waals surface area contributed by atoms with Gasteiger partial charge in [-0.25, -0.2) is 0 Å². The van der Waals surface area contributed by atoms with E-state index in [1.54, 1.807) is 24.3 Å². The molecule has 16 heavy (non-hydrogen) atoms. The molecule has 0 aliphatic carbocycles. The van der Waals surface area contributed by atoms with Crippen molar-refractivity contribution in [3.8, 4) is 5.75 Å². The van der Waals surface area contributed by atoms with Gasteiger partial charge in [-0.05, 0) is 18.6 Å². The molecule has 0 fully saturated rings. The van der Waals surface area contributed by atoms with Crippen LogP contribution in [0.5, 0.6) is 5.75 Å². The second kappa shape index (κ2) is 6.77. The molecular formula is C13H16O3. The zero-order chi connectivity index (χ0) is 11.8. The highest BCUT2D eigenvalue weighted by molar-refractivity contribution is 5.77. The van der Waals surface area contributed by atoms with Gasteiger partial charge in [-0.2, -0.15) is 0 Å². The second-order valence-corrected chi connectivity index (χ2v) is 3.62. The minimum absolute atomic E-state index is 0.239. The summed E-state index contributed by atoms with van der Waals surface area (Å²) in [5.41, 5.74) is 0.513. The lowest BCUT2D eigenvalue weighted by molar-refractivity contribution is -0.134. The van der Waals surface area contributed by atoms with E-state index in [1.807, 2.05) is 0 Å². The lowest BCUT2D eigenvalue weighted by atomic mass is 10.2. The van der Waals surface area contributed by atoms with Gasteiger partial charge < -0.3 is 4.74 Å². The molecule has 0 unspecified atom stereocenters. The molecule has 0 radical (unpaired) electrons. The van der Waals surface area contributed by atoms with Crippen molar-refractivity contribution in [1.29, 1.82) is 0 Å². The number of esters is 1. The van der Waals surface area contributed by atoms with E-state index in [1.165, 1.54) is 0 Å². The van der Waals surface area contributed by atoms with E-state index in [9.17, 15) is 9.59 Å². The lowest BCUT2D eigenvalue weighted by Gasteiger charge is -2.04. The molecule has 3 heteroatoms. The first-order valence-corrected chi connectivity index (χ1v) is 5.52. The normalized spacial score (nSPS) is 9.81. The van der Waals surface area contributed by atoms with Crippen LogP contribution in [0.1, 0.15) is 43.0 Å². The fourth-order valence-electron chi connectivity index (χ4n) is 1.35. The largest absolute Gasteiger partial charge is 0.427 e. The van der Waals surface area contributed by atoms with Crippen LogP contribution in [0.2, 0.25) is 0 Å². The van der Waals surface area contributed by atoms with E-state index in [-0.39, 0.29) is 5.97 Å². The molecule has 0 heterocycles. The standard InChI is InChI=1S/C13H16O3/c1-2-3-4-8-13(15)16-12-7-5-6-11(9-12)10-14/h5-7,9-10H,2-4,8H2,1H3. The smallest absolute Gasteiger partial charge is 0.311 e. The monoisotopic (exact) mass is 220 g/mol. The number of aldehydes is 1. The van der Waals surface area contributed by atoms with Crippen LogP contribution in [0.15, 0.2) is 24.3 Å². The van der Waals surface area contributed by atoms with Gasteiger partial charge in [0, 0.05) is 12.0 Å². The first-order valence-electron chi connectivity index (χ1n) is 5.52. The molecule has 1 aromatic rings. The Kier molecular flexibility index (Phi) is 5.26. The number of hydrogen-bond acceptors (Lipinski definition) is 3. The molecule has 1 rings (SSSR count). The molecule has 1 aromatic carbocycles. The average molecular weight is 220 g/mol. The Morgan fingerprint density at radius 1 is 1.38 bits per heavy atom. The topological polar surface area (TPSA) is 43.4 Å². The molecule has 0 amide bonds. The van der Waals surface area contributed by atoms with Gasteiger partial charge in [0.2, 0.25) is 0 Å². The van der Waals surface area contributed by atoms with Crippen LogP contribution in [-0.2, 0) is 4.79 Å². The van der Waals surface area contributed by atoms with Crippen LogP contribution in [0.4, 0.5) is 0 Å². The highest BCUT2D eigenvalue weighted by Gasteiger charge is 2.04. The van der Waals surface area contributed by atoms with Crippen LogP contribution in [0, 0.1) is 0 Å². The van der Waals surface area contributed by atoms with E-state index in [0.29, 0.717) is 17.7 Å². The lowest BCUT2D eigenvalue weighted by Crippen LogP contribution is -2.07. The van der Waals surface area contributed by atoms with Crippen LogP contribution in [0.3, 0.4) is 0 Å². The molecule has 0 atom stereocenters. The van der Waals surface area contributed by atoms with Crippen molar-refractivity contribution in [2.75, 3.05) is 0 Å². The number of carbonyl (C=O) groups excluding carboxylic acids is 2. The highest BCUT2D eigenvalue weighted by atomic mass is 16.5. The number of hydrogen-bond donors (Lipinski definition) is 0. The maximum absolute atomic E-state index is 11.4. The van der Waals surface area contributed by atoms with Crippen molar-refractivity contribution in [3.63, 3.8) is 0 Å². The summed E-state index contributed by atoms with van der Waals surface area (Å²) in [4.78, 5) is 21.9. The molecule has 3 nitrogen and oxygen atoms in total. The van der Waals surface area contributed by atoms with Crippen LogP contribution in [-0.4, -0.2) is 12.3 Å². The summed E-state index contributed by atoms with van der Waals surface area (Å²) < 4.78 is 5.11. The summed E-state index contributed by atoms with van der Waals surface area (Å²) in [6.07, 6.45) is 4.12. The van der Waals surface area contributed by atoms with E-state index in [0.717, 1.165) is 25.5 Å². The third-order valence-corrected chi connectivity index (χ3v) is 2.21. The van der Waals surface area contributed by atoms with Crippen LogP contribution >= 0.6 is 0 Å². The first kappa shape index (κ1) is 12.4. The predicted molar refractivity (Wildman–Crippen MR) is 61.6 cm³/mol. The number of rotatable bonds is 6. The molecule has 0 saturated carbocycles. The molecule has 0 aromatic heterocycles. The van der Waals surface area contributed by atoms with Crippen molar-refractivity contribution >= 4 is 12.3 Å². The summed E-state index contributed by atoms with van der Waals surface area (Å²) in [5.74, 6) is 0.197. The van der Waals surface area contributed by atoms with E-state index in [4.69, 9.17) is 4.74 Å². The van der Waals surface area contributed by atoms with Gasteiger partial charge in [0.15, 0.2) is 0 Å². The van der Waals surface area contributed by atoms with Crippen molar-refractivity contribution in [2.24, 2.45) is 0 Å². The number of benzene rings is 1. The molecule has 0 N–H and O–H groups in total. The predicted octanol–water partition coefficient (Wildman–Crippen LogP) is 2.98. The van der Waals surface area contributed by atoms with Crippen LogP contribution in [0.25, 0.3) is 0 Å². The maximum Gasteiger partial charge on any atom is 0.311 e. The van der Waals surface area contributed by atoms with Crippen LogP contribution < -0.4 is 4.74 Å². The molecule has 0 aliphatic rings. The Labute approximate surface area is 95.4 Å². The fraction of sp³-hybridized carbons (Fsp3) is 0.385. The van der Waals surface area contributed by atoms with Gasteiger partial charge in [0.05, 0.1) is 0 Å². The zero-order valence-corrected chi connectivity index (χ0v) is 9.44. The number of unbranched alkanes of at least 4 members (excludes halogenated alkanes) is 2. The molecular weight excluding hydrogens is 204 g/mol. The SMILES string of the molecule is CCCCCC(=O)Oc1cccc(C=O)c1. The van der Waals surface area contributed by atoms with E-state index >= 15 is 0 Å². The molecule has 0 bridgehead atoms. The third-order valence-electron chi connectivity index (χ3n) is 2.21. The van der Waals surface area contributed by atoms with Gasteiger partial charge in [-0.1, -0.05) is 31.9 Å². The number of ether oxygens (including phenoxy) is 1. The molecule has 0 spiro atoms.